The molecule has 0 spiro atoms. The van der Waals surface area contributed by atoms with Gasteiger partial charge in [0.25, 0.3) is 0 Å². The molecule has 2 aromatic rings. The average molecular weight is 299 g/mol. The Balaban J connectivity index is 1.70. The first kappa shape index (κ1) is 15.8. The number of aryl methyl sites for hydroxylation is 1. The summed E-state index contributed by atoms with van der Waals surface area (Å²) in [6.07, 6.45) is 2.79. The Morgan fingerprint density at radius 1 is 1.27 bits per heavy atom. The number of benzene rings is 1. The van der Waals surface area contributed by atoms with Gasteiger partial charge in [0.05, 0.1) is 0 Å². The van der Waals surface area contributed by atoms with E-state index in [2.05, 4.69) is 10.3 Å². The van der Waals surface area contributed by atoms with E-state index in [1.54, 1.807) is 36.3 Å². The van der Waals surface area contributed by atoms with E-state index >= 15 is 0 Å². The molecule has 22 heavy (non-hydrogen) atoms. The number of nitrogens with one attached hydrogen (secondary N) is 1. The molecule has 0 aliphatic rings. The summed E-state index contributed by atoms with van der Waals surface area (Å²) in [6, 6.07) is 12.7. The molecule has 0 aliphatic heterocycles. The Morgan fingerprint density at radius 2 is 2.14 bits per heavy atom. The molecule has 1 heterocycles. The van der Waals surface area contributed by atoms with E-state index in [0.29, 0.717) is 25.9 Å². The average Bonchev–Trinajstić information content (AvgIpc) is 2.53. The van der Waals surface area contributed by atoms with Crippen LogP contribution >= 0.6 is 0 Å². The predicted molar refractivity (Wildman–Crippen MR) is 86.8 cm³/mol. The number of aromatic nitrogens is 1. The summed E-state index contributed by atoms with van der Waals surface area (Å²) in [6.45, 7) is 1.28. The normalized spacial score (nSPS) is 10.2. The minimum atomic E-state index is 0.0890. The van der Waals surface area contributed by atoms with Crippen molar-refractivity contribution in [1.82, 2.24) is 9.88 Å². The van der Waals surface area contributed by atoms with Gasteiger partial charge >= 0.3 is 0 Å². The lowest BCUT2D eigenvalue weighted by Crippen LogP contribution is -2.31. The van der Waals surface area contributed by atoms with Gasteiger partial charge in [-0.25, -0.2) is 4.98 Å². The van der Waals surface area contributed by atoms with Gasteiger partial charge in [0.2, 0.25) is 5.91 Å². The highest BCUT2D eigenvalue weighted by molar-refractivity contribution is 5.76. The van der Waals surface area contributed by atoms with Crippen LogP contribution in [0.25, 0.3) is 0 Å². The molecule has 1 aromatic carbocycles. The summed E-state index contributed by atoms with van der Waals surface area (Å²) in [4.78, 5) is 17.9. The zero-order valence-electron chi connectivity index (χ0n) is 12.7. The van der Waals surface area contributed by atoms with Gasteiger partial charge in [-0.05, 0) is 36.2 Å². The first-order valence-corrected chi connectivity index (χ1v) is 7.32. The van der Waals surface area contributed by atoms with Crippen LogP contribution in [0.1, 0.15) is 12.0 Å². The summed E-state index contributed by atoms with van der Waals surface area (Å²) in [5.74, 6) is 1.13. The number of phenolic OH excluding ortho intramolecular Hbond substituents is 1. The minimum absolute atomic E-state index is 0.0890. The van der Waals surface area contributed by atoms with Crippen LogP contribution in [0, 0.1) is 0 Å². The quantitative estimate of drug-likeness (QED) is 0.823. The number of anilines is 1. The maximum absolute atomic E-state index is 12.1. The minimum Gasteiger partial charge on any atom is -0.508 e. The molecule has 5 nitrogen and oxygen atoms in total. The molecule has 0 bridgehead atoms. The van der Waals surface area contributed by atoms with Crippen molar-refractivity contribution in [3.05, 3.63) is 54.2 Å². The van der Waals surface area contributed by atoms with Crippen LogP contribution in [0.5, 0.6) is 5.75 Å². The molecule has 5 heteroatoms. The zero-order chi connectivity index (χ0) is 15.8. The van der Waals surface area contributed by atoms with Gasteiger partial charge in [0.15, 0.2) is 0 Å². The largest absolute Gasteiger partial charge is 0.508 e. The van der Waals surface area contributed by atoms with Crippen LogP contribution in [0.3, 0.4) is 0 Å². The van der Waals surface area contributed by atoms with Crippen LogP contribution in [-0.2, 0) is 11.2 Å². The SMILES string of the molecule is CN(CCNc1ccccn1)C(=O)CCc1cccc(O)c1. The highest BCUT2D eigenvalue weighted by Gasteiger charge is 2.08. The summed E-state index contributed by atoms with van der Waals surface area (Å²) >= 11 is 0. The molecule has 2 rings (SSSR count). The number of nitrogens with zero attached hydrogens (tertiary/aromatic N) is 2. The topological polar surface area (TPSA) is 65.5 Å². The number of likely N-dealkylation sites (N-methyl/N-ethyl adjacent to an activating group) is 1. The van der Waals surface area contributed by atoms with Crippen molar-refractivity contribution in [1.29, 1.82) is 0 Å². The number of hydrogen-bond donors (Lipinski definition) is 2. The molecule has 116 valence electrons. The molecule has 1 amide bonds. The van der Waals surface area contributed by atoms with Gasteiger partial charge in [0.1, 0.15) is 11.6 Å². The zero-order valence-corrected chi connectivity index (χ0v) is 12.7. The summed E-state index contributed by atoms with van der Waals surface area (Å²) < 4.78 is 0. The smallest absolute Gasteiger partial charge is 0.222 e. The lowest BCUT2D eigenvalue weighted by atomic mass is 10.1. The molecule has 0 saturated carbocycles. The summed E-state index contributed by atoms with van der Waals surface area (Å²) in [5, 5.41) is 12.6. The van der Waals surface area contributed by atoms with Crippen molar-refractivity contribution in [2.75, 3.05) is 25.5 Å². The molecule has 0 aliphatic carbocycles. The van der Waals surface area contributed by atoms with E-state index in [-0.39, 0.29) is 11.7 Å². The third-order valence-corrected chi connectivity index (χ3v) is 3.38. The van der Waals surface area contributed by atoms with Gasteiger partial charge in [0, 0.05) is 32.8 Å². The number of carbonyl (C=O) groups is 1. The molecule has 0 unspecified atom stereocenters. The second-order valence-electron chi connectivity index (χ2n) is 5.13. The van der Waals surface area contributed by atoms with Crippen LogP contribution in [0.4, 0.5) is 5.82 Å². The fourth-order valence-electron chi connectivity index (χ4n) is 2.10. The molecular formula is C17H21N3O2. The first-order chi connectivity index (χ1) is 10.6. The molecular weight excluding hydrogens is 278 g/mol. The molecule has 0 radical (unpaired) electrons. The molecule has 0 fully saturated rings. The van der Waals surface area contributed by atoms with E-state index in [0.717, 1.165) is 11.4 Å². The Kier molecular flexibility index (Phi) is 5.77. The van der Waals surface area contributed by atoms with Crippen LogP contribution in [0.15, 0.2) is 48.7 Å². The second kappa shape index (κ2) is 8.02. The van der Waals surface area contributed by atoms with Crippen LogP contribution in [0.2, 0.25) is 0 Å². The number of rotatable bonds is 7. The van der Waals surface area contributed by atoms with E-state index in [1.165, 1.54) is 0 Å². The molecule has 0 atom stereocenters. The number of pyridine rings is 1. The summed E-state index contributed by atoms with van der Waals surface area (Å²) in [7, 11) is 1.80. The van der Waals surface area contributed by atoms with Gasteiger partial charge in [-0.1, -0.05) is 18.2 Å². The van der Waals surface area contributed by atoms with Gasteiger partial charge in [-0.15, -0.1) is 0 Å². The molecule has 0 saturated heterocycles. The maximum Gasteiger partial charge on any atom is 0.222 e. The molecule has 1 aromatic heterocycles. The lowest BCUT2D eigenvalue weighted by molar-refractivity contribution is -0.129. The Morgan fingerprint density at radius 3 is 2.86 bits per heavy atom. The van der Waals surface area contributed by atoms with Gasteiger partial charge in [-0.3, -0.25) is 4.79 Å². The highest BCUT2D eigenvalue weighted by Crippen LogP contribution is 2.12. The Hall–Kier alpha value is -2.56. The lowest BCUT2D eigenvalue weighted by Gasteiger charge is -2.17. The fourth-order valence-corrected chi connectivity index (χ4v) is 2.10. The summed E-state index contributed by atoms with van der Waals surface area (Å²) in [5.41, 5.74) is 0.966. The number of phenols is 1. The number of amides is 1. The van der Waals surface area contributed by atoms with E-state index in [4.69, 9.17) is 0 Å². The number of carbonyl (C=O) groups excluding carboxylic acids is 1. The van der Waals surface area contributed by atoms with Crippen molar-refractivity contribution >= 4 is 11.7 Å². The van der Waals surface area contributed by atoms with E-state index in [1.807, 2.05) is 24.3 Å². The van der Waals surface area contributed by atoms with Crippen molar-refractivity contribution in [3.63, 3.8) is 0 Å². The molecule has 2 N–H and O–H groups in total. The van der Waals surface area contributed by atoms with Crippen molar-refractivity contribution in [3.8, 4) is 5.75 Å². The number of hydrogen-bond acceptors (Lipinski definition) is 4. The van der Waals surface area contributed by atoms with E-state index < -0.39 is 0 Å². The van der Waals surface area contributed by atoms with E-state index in [9.17, 15) is 9.90 Å². The van der Waals surface area contributed by atoms with Gasteiger partial charge < -0.3 is 15.3 Å². The Bertz CT molecular complexity index is 602. The third kappa shape index (κ3) is 5.09. The highest BCUT2D eigenvalue weighted by atomic mass is 16.3. The standard InChI is InChI=1S/C17H21N3O2/c1-20(12-11-19-16-7-2-3-10-18-16)17(22)9-8-14-5-4-6-15(21)13-14/h2-7,10,13,21H,8-9,11-12H2,1H3,(H,18,19). The predicted octanol–water partition coefficient (Wildman–Crippen LogP) is 2.29. The fraction of sp³-hybridized carbons (Fsp3) is 0.294. The first-order valence-electron chi connectivity index (χ1n) is 7.32. The second-order valence-corrected chi connectivity index (χ2v) is 5.13. The monoisotopic (exact) mass is 299 g/mol. The number of aromatic hydroxyl groups is 1. The Labute approximate surface area is 130 Å². The van der Waals surface area contributed by atoms with Crippen molar-refractivity contribution in [2.24, 2.45) is 0 Å². The van der Waals surface area contributed by atoms with Crippen LogP contribution in [-0.4, -0.2) is 41.0 Å². The van der Waals surface area contributed by atoms with Gasteiger partial charge in [-0.2, -0.15) is 0 Å². The van der Waals surface area contributed by atoms with Crippen molar-refractivity contribution < 1.29 is 9.90 Å². The maximum atomic E-state index is 12.1. The van der Waals surface area contributed by atoms with Crippen molar-refractivity contribution in [2.45, 2.75) is 12.8 Å². The third-order valence-electron chi connectivity index (χ3n) is 3.38. The van der Waals surface area contributed by atoms with Crippen LogP contribution < -0.4 is 5.32 Å².